The van der Waals surface area contributed by atoms with Gasteiger partial charge in [-0.15, -0.1) is 0 Å². The molecule has 0 aromatic rings. The number of aliphatic carboxylic acids is 1. The second-order valence-electron chi connectivity index (χ2n) is 12.6. The molecule has 0 radical (unpaired) electrons. The Kier molecular flexibility index (Phi) is 34.9. The maximum absolute atomic E-state index is 10.6. The van der Waals surface area contributed by atoms with E-state index >= 15 is 0 Å². The summed E-state index contributed by atoms with van der Waals surface area (Å²) in [5.41, 5.74) is 3.62. The number of aliphatic hydroxyl groups is 2. The van der Waals surface area contributed by atoms with Gasteiger partial charge in [-0.05, 0) is 78.6 Å². The highest BCUT2D eigenvalue weighted by Crippen LogP contribution is 2.28. The number of aliphatic hydroxyl groups excluding tert-OH is 2. The fourth-order valence-electron chi connectivity index (χ4n) is 5.10. The first kappa shape index (κ1) is 44.2. The highest BCUT2D eigenvalue weighted by Gasteiger charge is 2.09. The van der Waals surface area contributed by atoms with Crippen molar-refractivity contribution in [3.63, 3.8) is 0 Å². The number of carboxylic acid groups (broad SMARTS) is 1. The molecule has 0 aliphatic rings. The zero-order valence-corrected chi connectivity index (χ0v) is 29.5. The lowest BCUT2D eigenvalue weighted by atomic mass is 9.90. The molecule has 0 saturated heterocycles. The van der Waals surface area contributed by atoms with E-state index in [0.29, 0.717) is 19.6 Å². The molecule has 0 bridgehead atoms. The summed E-state index contributed by atoms with van der Waals surface area (Å²) >= 11 is 0. The molecule has 3 unspecified atom stereocenters. The van der Waals surface area contributed by atoms with Crippen molar-refractivity contribution in [3.8, 4) is 0 Å². The topological polar surface area (TPSA) is 96.2 Å². The Morgan fingerprint density at radius 2 is 0.884 bits per heavy atom. The molecule has 0 aliphatic carbocycles. The van der Waals surface area contributed by atoms with Gasteiger partial charge in [-0.3, -0.25) is 4.79 Å². The van der Waals surface area contributed by atoms with Crippen LogP contribution in [-0.4, -0.2) is 59.4 Å². The van der Waals surface area contributed by atoms with Gasteiger partial charge in [0.15, 0.2) is 0 Å². The summed E-state index contributed by atoms with van der Waals surface area (Å²) < 4.78 is 10.5. The van der Waals surface area contributed by atoms with Gasteiger partial charge < -0.3 is 24.8 Å². The molecule has 0 heterocycles. The number of allylic oxidation sites excluding steroid dienone is 2. The Morgan fingerprint density at radius 1 is 0.535 bits per heavy atom. The summed E-state index contributed by atoms with van der Waals surface area (Å²) in [6.07, 6.45) is 27.1. The zero-order chi connectivity index (χ0) is 32.6. The van der Waals surface area contributed by atoms with Gasteiger partial charge in [-0.1, -0.05) is 109 Å². The third-order valence-electron chi connectivity index (χ3n) is 7.86. The van der Waals surface area contributed by atoms with Crippen molar-refractivity contribution in [2.45, 2.75) is 201 Å². The van der Waals surface area contributed by atoms with E-state index in [1.54, 1.807) is 19.4 Å². The predicted molar refractivity (Wildman–Crippen MR) is 183 cm³/mol. The van der Waals surface area contributed by atoms with Gasteiger partial charge in [0, 0.05) is 6.42 Å². The van der Waals surface area contributed by atoms with Crippen LogP contribution in [0, 0.1) is 0 Å². The largest absolute Gasteiger partial charge is 0.481 e. The Balaban J connectivity index is 0. The summed E-state index contributed by atoms with van der Waals surface area (Å²) in [6.45, 7) is 13.0. The lowest BCUT2D eigenvalue weighted by Gasteiger charge is -2.17. The summed E-state index contributed by atoms with van der Waals surface area (Å²) in [5.74, 6) is -0.650. The molecule has 0 amide bonds. The van der Waals surface area contributed by atoms with E-state index in [-0.39, 0.29) is 18.8 Å². The van der Waals surface area contributed by atoms with Crippen LogP contribution in [0.4, 0.5) is 0 Å². The Hall–Kier alpha value is -0.950. The molecule has 6 heteroatoms. The number of ether oxygens (including phenoxy) is 2. The Labute approximate surface area is 267 Å². The number of hydrogen-bond acceptors (Lipinski definition) is 5. The third kappa shape index (κ3) is 33.8. The fraction of sp³-hybridized carbons (Fsp3) is 0.919. The van der Waals surface area contributed by atoms with Crippen LogP contribution in [0.5, 0.6) is 0 Å². The molecule has 0 fully saturated rings. The van der Waals surface area contributed by atoms with E-state index in [2.05, 4.69) is 20.8 Å². The summed E-state index contributed by atoms with van der Waals surface area (Å²) in [5, 5.41) is 26.3. The van der Waals surface area contributed by atoms with E-state index in [4.69, 9.17) is 24.8 Å². The molecule has 0 aromatic carbocycles. The van der Waals surface area contributed by atoms with E-state index in [0.717, 1.165) is 12.8 Å². The monoisotopic (exact) mass is 615 g/mol. The zero-order valence-electron chi connectivity index (χ0n) is 29.5. The minimum atomic E-state index is -0.650. The number of unbranched alkanes of at least 4 members (excludes halogenated alkanes) is 13. The lowest BCUT2D eigenvalue weighted by Crippen LogP contribution is -2.24. The molecule has 3 atom stereocenters. The van der Waals surface area contributed by atoms with Crippen LogP contribution in [0.1, 0.15) is 183 Å². The first-order valence-corrected chi connectivity index (χ1v) is 18.1. The van der Waals surface area contributed by atoms with Crippen LogP contribution < -0.4 is 0 Å². The maximum atomic E-state index is 10.6. The van der Waals surface area contributed by atoms with E-state index in [1.165, 1.54) is 122 Å². The second-order valence-corrected chi connectivity index (χ2v) is 12.6. The van der Waals surface area contributed by atoms with Crippen molar-refractivity contribution in [2.75, 3.05) is 19.8 Å². The van der Waals surface area contributed by atoms with Crippen LogP contribution in [0.2, 0.25) is 0 Å². The standard InChI is InChI=1S/C28H54O2.C9H20O4/c1-4-7-10-11-13-18-23-26(21-16-8-5-2)27(22-17-9-6-3)24-19-14-12-15-20-25-28(29)30;1-7(11)5-12-9(3)6-13-8(2)4-10/h4-25H2,1-3H3,(H,29,30);7-11H,4-6H2,1-3H3/b27-26-;. The Bertz CT molecular complexity index is 618. The quantitative estimate of drug-likeness (QED) is 0.0550. The Morgan fingerprint density at radius 3 is 1.28 bits per heavy atom. The molecule has 258 valence electrons. The normalized spacial score (nSPS) is 14.0. The van der Waals surface area contributed by atoms with Crippen LogP contribution in [0.25, 0.3) is 0 Å². The van der Waals surface area contributed by atoms with Gasteiger partial charge in [0.2, 0.25) is 0 Å². The van der Waals surface area contributed by atoms with Gasteiger partial charge >= 0.3 is 5.97 Å². The molecule has 0 rings (SSSR count). The molecule has 0 saturated carbocycles. The first-order chi connectivity index (χ1) is 20.7. The summed E-state index contributed by atoms with van der Waals surface area (Å²) in [7, 11) is 0. The molecular formula is C37H74O6. The lowest BCUT2D eigenvalue weighted by molar-refractivity contribution is -0.137. The molecular weight excluding hydrogens is 540 g/mol. The first-order valence-electron chi connectivity index (χ1n) is 18.1. The molecule has 0 aromatic heterocycles. The van der Waals surface area contributed by atoms with Crippen LogP contribution >= 0.6 is 0 Å². The van der Waals surface area contributed by atoms with Crippen molar-refractivity contribution in [1.29, 1.82) is 0 Å². The minimum absolute atomic E-state index is 0.0170. The van der Waals surface area contributed by atoms with E-state index in [9.17, 15) is 4.79 Å². The third-order valence-corrected chi connectivity index (χ3v) is 7.86. The number of rotatable bonds is 30. The predicted octanol–water partition coefficient (Wildman–Crippen LogP) is 10.2. The van der Waals surface area contributed by atoms with Crippen molar-refractivity contribution >= 4 is 5.97 Å². The van der Waals surface area contributed by atoms with E-state index < -0.39 is 12.1 Å². The van der Waals surface area contributed by atoms with Crippen LogP contribution in [-0.2, 0) is 14.3 Å². The van der Waals surface area contributed by atoms with Gasteiger partial charge in [0.05, 0.1) is 38.1 Å². The molecule has 3 N–H and O–H groups in total. The van der Waals surface area contributed by atoms with Gasteiger partial charge in [-0.25, -0.2) is 0 Å². The molecule has 6 nitrogen and oxygen atoms in total. The summed E-state index contributed by atoms with van der Waals surface area (Å²) in [6, 6.07) is 0. The van der Waals surface area contributed by atoms with Crippen LogP contribution in [0.15, 0.2) is 11.1 Å². The number of carbonyl (C=O) groups is 1. The maximum Gasteiger partial charge on any atom is 0.303 e. The smallest absolute Gasteiger partial charge is 0.303 e. The molecule has 0 aliphatic heterocycles. The van der Waals surface area contributed by atoms with Gasteiger partial charge in [0.25, 0.3) is 0 Å². The second kappa shape index (κ2) is 33.9. The fourth-order valence-corrected chi connectivity index (χ4v) is 5.10. The highest BCUT2D eigenvalue weighted by atomic mass is 16.5. The average molecular weight is 615 g/mol. The minimum Gasteiger partial charge on any atom is -0.481 e. The number of carboxylic acids is 1. The van der Waals surface area contributed by atoms with Crippen LogP contribution in [0.3, 0.4) is 0 Å². The highest BCUT2D eigenvalue weighted by molar-refractivity contribution is 5.66. The average Bonchev–Trinajstić information content (AvgIpc) is 2.98. The summed E-state index contributed by atoms with van der Waals surface area (Å²) in [4.78, 5) is 10.6. The van der Waals surface area contributed by atoms with Crippen molar-refractivity contribution in [2.24, 2.45) is 0 Å². The van der Waals surface area contributed by atoms with E-state index in [1.807, 2.05) is 12.5 Å². The van der Waals surface area contributed by atoms with Crippen molar-refractivity contribution < 1.29 is 29.6 Å². The van der Waals surface area contributed by atoms with Crippen molar-refractivity contribution in [1.82, 2.24) is 0 Å². The van der Waals surface area contributed by atoms with Gasteiger partial charge in [0.1, 0.15) is 0 Å². The van der Waals surface area contributed by atoms with Gasteiger partial charge in [-0.2, -0.15) is 0 Å². The van der Waals surface area contributed by atoms with Crippen molar-refractivity contribution in [3.05, 3.63) is 11.1 Å². The molecule has 0 spiro atoms. The number of hydrogen-bond donors (Lipinski definition) is 3. The SMILES string of the molecule is CC(O)COC(C)COC(C)CO.CCCCCCCC/C(CCCCC)=C(/CCCCC)CCCCCCCC(=O)O. The molecule has 43 heavy (non-hydrogen) atoms.